The maximum absolute atomic E-state index is 11.9. The normalized spacial score (nSPS) is 16.2. The van der Waals surface area contributed by atoms with Crippen LogP contribution < -0.4 is 5.32 Å². The van der Waals surface area contributed by atoms with Crippen molar-refractivity contribution in [2.75, 3.05) is 5.32 Å². The van der Waals surface area contributed by atoms with E-state index in [2.05, 4.69) is 37.2 Å². The highest BCUT2D eigenvalue weighted by molar-refractivity contribution is 9.11. The van der Waals surface area contributed by atoms with Gasteiger partial charge < -0.3 is 19.9 Å². The number of halogens is 2. The Morgan fingerprint density at radius 2 is 1.71 bits per heavy atom. The molecule has 0 amide bonds. The number of carbonyl (C=O) groups is 3. The van der Waals surface area contributed by atoms with Crippen molar-refractivity contribution in [3.63, 3.8) is 0 Å². The summed E-state index contributed by atoms with van der Waals surface area (Å²) in [6.07, 6.45) is 1.05. The SMILES string of the molecule is CC1(C)OC(=O)C(=CNc2c(Br)cc(CC(=O)O)cc2Br)C(=O)O1. The molecular formula is C15H13Br2NO6. The van der Waals surface area contributed by atoms with E-state index in [9.17, 15) is 14.4 Å². The predicted molar refractivity (Wildman–Crippen MR) is 91.2 cm³/mol. The molecule has 1 saturated heterocycles. The molecule has 24 heavy (non-hydrogen) atoms. The molecule has 0 saturated carbocycles. The lowest BCUT2D eigenvalue weighted by Crippen LogP contribution is -2.42. The van der Waals surface area contributed by atoms with E-state index in [0.29, 0.717) is 20.2 Å². The van der Waals surface area contributed by atoms with Crippen LogP contribution >= 0.6 is 31.9 Å². The fourth-order valence-electron chi connectivity index (χ4n) is 1.96. The van der Waals surface area contributed by atoms with Crippen LogP contribution in [-0.2, 0) is 30.3 Å². The van der Waals surface area contributed by atoms with Gasteiger partial charge in [0.25, 0.3) is 5.79 Å². The van der Waals surface area contributed by atoms with Gasteiger partial charge in [0.05, 0.1) is 12.1 Å². The van der Waals surface area contributed by atoms with Crippen molar-refractivity contribution in [1.82, 2.24) is 0 Å². The smallest absolute Gasteiger partial charge is 0.350 e. The summed E-state index contributed by atoms with van der Waals surface area (Å²) in [5.41, 5.74) is 0.822. The molecular weight excluding hydrogens is 450 g/mol. The van der Waals surface area contributed by atoms with Gasteiger partial charge in [-0.1, -0.05) is 0 Å². The molecule has 7 nitrogen and oxygen atoms in total. The second kappa shape index (κ2) is 6.94. The Labute approximate surface area is 154 Å². The van der Waals surface area contributed by atoms with E-state index >= 15 is 0 Å². The Morgan fingerprint density at radius 1 is 1.21 bits per heavy atom. The molecule has 0 radical (unpaired) electrons. The first-order chi connectivity index (χ1) is 11.1. The van der Waals surface area contributed by atoms with Crippen molar-refractivity contribution >= 4 is 55.5 Å². The number of carboxylic acid groups (broad SMARTS) is 1. The van der Waals surface area contributed by atoms with Gasteiger partial charge in [0, 0.05) is 29.0 Å². The topological polar surface area (TPSA) is 102 Å². The molecule has 0 aliphatic carbocycles. The van der Waals surface area contributed by atoms with Gasteiger partial charge in [0.15, 0.2) is 5.57 Å². The average Bonchev–Trinajstić information content (AvgIpc) is 2.38. The maximum atomic E-state index is 11.9. The lowest BCUT2D eigenvalue weighted by Gasteiger charge is -2.29. The van der Waals surface area contributed by atoms with Gasteiger partial charge in [-0.25, -0.2) is 9.59 Å². The summed E-state index contributed by atoms with van der Waals surface area (Å²) in [6.45, 7) is 2.92. The number of benzene rings is 1. The van der Waals surface area contributed by atoms with Gasteiger partial charge in [-0.15, -0.1) is 0 Å². The van der Waals surface area contributed by atoms with Crippen LogP contribution in [-0.4, -0.2) is 28.8 Å². The van der Waals surface area contributed by atoms with Gasteiger partial charge in [-0.05, 0) is 49.6 Å². The molecule has 0 atom stereocenters. The van der Waals surface area contributed by atoms with Crippen LogP contribution in [0.15, 0.2) is 32.9 Å². The summed E-state index contributed by atoms with van der Waals surface area (Å²) in [7, 11) is 0. The number of aliphatic carboxylic acids is 1. The Balaban J connectivity index is 2.24. The molecule has 1 fully saturated rings. The second-order valence-corrected chi connectivity index (χ2v) is 7.09. The lowest BCUT2D eigenvalue weighted by molar-refractivity contribution is -0.222. The Morgan fingerprint density at radius 3 is 2.17 bits per heavy atom. The highest BCUT2D eigenvalue weighted by atomic mass is 79.9. The van der Waals surface area contributed by atoms with Crippen LogP contribution in [0.3, 0.4) is 0 Å². The summed E-state index contributed by atoms with van der Waals surface area (Å²) in [4.78, 5) is 34.5. The monoisotopic (exact) mass is 461 g/mol. The molecule has 0 unspecified atom stereocenters. The molecule has 1 aliphatic rings. The number of esters is 2. The van der Waals surface area contributed by atoms with E-state index in [-0.39, 0.29) is 12.0 Å². The first-order valence-electron chi connectivity index (χ1n) is 6.72. The molecule has 2 rings (SSSR count). The van der Waals surface area contributed by atoms with Gasteiger partial charge in [0.1, 0.15) is 0 Å². The van der Waals surface area contributed by atoms with Crippen LogP contribution in [0.2, 0.25) is 0 Å². The fourth-order valence-corrected chi connectivity index (χ4v) is 3.47. The van der Waals surface area contributed by atoms with Gasteiger partial charge in [-0.3, -0.25) is 4.79 Å². The van der Waals surface area contributed by atoms with Crippen LogP contribution in [0, 0.1) is 0 Å². The summed E-state index contributed by atoms with van der Waals surface area (Å²) in [6, 6.07) is 3.25. The predicted octanol–water partition coefficient (Wildman–Crippen LogP) is 2.97. The van der Waals surface area contributed by atoms with E-state index in [0.717, 1.165) is 0 Å². The largest absolute Gasteiger partial charge is 0.481 e. The third kappa shape index (κ3) is 4.35. The molecule has 1 heterocycles. The number of anilines is 1. The highest BCUT2D eigenvalue weighted by Crippen LogP contribution is 2.33. The highest BCUT2D eigenvalue weighted by Gasteiger charge is 2.39. The number of carbonyl (C=O) groups excluding carboxylic acids is 2. The maximum Gasteiger partial charge on any atom is 0.350 e. The molecule has 1 aliphatic heterocycles. The number of hydrogen-bond donors (Lipinski definition) is 2. The molecule has 9 heteroatoms. The fraction of sp³-hybridized carbons (Fsp3) is 0.267. The molecule has 1 aromatic rings. The number of nitrogens with one attached hydrogen (secondary N) is 1. The molecule has 1 aromatic carbocycles. The van der Waals surface area contributed by atoms with E-state index in [1.165, 1.54) is 20.0 Å². The lowest BCUT2D eigenvalue weighted by atomic mass is 10.1. The minimum atomic E-state index is -1.30. The van der Waals surface area contributed by atoms with E-state index < -0.39 is 23.7 Å². The van der Waals surface area contributed by atoms with E-state index in [1.54, 1.807) is 12.1 Å². The zero-order valence-electron chi connectivity index (χ0n) is 12.7. The molecule has 0 spiro atoms. The van der Waals surface area contributed by atoms with Crippen molar-refractivity contribution in [3.05, 3.63) is 38.4 Å². The van der Waals surface area contributed by atoms with Crippen molar-refractivity contribution in [1.29, 1.82) is 0 Å². The summed E-state index contributed by atoms with van der Waals surface area (Å²) >= 11 is 6.63. The van der Waals surface area contributed by atoms with Crippen molar-refractivity contribution < 1.29 is 29.0 Å². The van der Waals surface area contributed by atoms with Gasteiger partial charge in [0.2, 0.25) is 0 Å². The van der Waals surface area contributed by atoms with Crippen molar-refractivity contribution in [2.45, 2.75) is 26.1 Å². The first-order valence-corrected chi connectivity index (χ1v) is 8.31. The molecule has 0 bridgehead atoms. The number of carboxylic acids is 1. The summed E-state index contributed by atoms with van der Waals surface area (Å²) < 4.78 is 11.1. The molecule has 128 valence electrons. The Hall–Kier alpha value is -1.87. The van der Waals surface area contributed by atoms with Crippen LogP contribution in [0.4, 0.5) is 5.69 Å². The first kappa shape index (κ1) is 18.5. The zero-order valence-corrected chi connectivity index (χ0v) is 15.9. The van der Waals surface area contributed by atoms with Crippen LogP contribution in [0.25, 0.3) is 0 Å². The number of hydrogen-bond acceptors (Lipinski definition) is 6. The average molecular weight is 463 g/mol. The standard InChI is InChI=1S/C15H13Br2NO6/c1-15(2)23-13(21)8(14(22)24-15)6-18-12-9(16)3-7(4-10(12)17)5-11(19)20/h3-4,6,18H,5H2,1-2H3,(H,19,20). The van der Waals surface area contributed by atoms with E-state index in [1.807, 2.05) is 0 Å². The number of rotatable bonds is 4. The van der Waals surface area contributed by atoms with Crippen LogP contribution in [0.1, 0.15) is 19.4 Å². The van der Waals surface area contributed by atoms with Gasteiger partial charge in [-0.2, -0.15) is 0 Å². The van der Waals surface area contributed by atoms with Crippen LogP contribution in [0.5, 0.6) is 0 Å². The number of cyclic esters (lactones) is 2. The molecule has 0 aromatic heterocycles. The van der Waals surface area contributed by atoms with Crippen molar-refractivity contribution in [2.24, 2.45) is 0 Å². The quantitative estimate of drug-likeness (QED) is 0.402. The molecule has 2 N–H and O–H groups in total. The Bertz CT molecular complexity index is 711. The summed E-state index contributed by atoms with van der Waals surface area (Å²) in [5, 5.41) is 11.6. The summed E-state index contributed by atoms with van der Waals surface area (Å²) in [5.74, 6) is -3.84. The number of ether oxygens (including phenoxy) is 2. The van der Waals surface area contributed by atoms with E-state index in [4.69, 9.17) is 14.6 Å². The minimum Gasteiger partial charge on any atom is -0.481 e. The second-order valence-electron chi connectivity index (χ2n) is 5.39. The third-order valence-corrected chi connectivity index (χ3v) is 4.19. The zero-order chi connectivity index (χ0) is 18.1. The minimum absolute atomic E-state index is 0.133. The third-order valence-electron chi connectivity index (χ3n) is 2.93. The van der Waals surface area contributed by atoms with Gasteiger partial charge >= 0.3 is 17.9 Å². The van der Waals surface area contributed by atoms with Crippen molar-refractivity contribution in [3.8, 4) is 0 Å². The Kier molecular flexibility index (Phi) is 5.34.